The van der Waals surface area contributed by atoms with Gasteiger partial charge in [0.1, 0.15) is 18.1 Å². The molecule has 1 amide bonds. The molecule has 0 spiro atoms. The van der Waals surface area contributed by atoms with E-state index in [1.54, 1.807) is 5.38 Å². The van der Waals surface area contributed by atoms with Gasteiger partial charge in [-0.15, -0.1) is 11.3 Å². The van der Waals surface area contributed by atoms with Crippen molar-refractivity contribution >= 4 is 28.3 Å². The standard InChI is InChI=1S/C18H19N5O2S/c1-12-10-13(2)21-17(20-12)23-18-22-15(11-26-18)16(24)19-8-9-25-14-6-4-3-5-7-14/h3-7,10-11H,8-9H2,1-2H3,(H,19,24)(H,20,21,22,23). The molecule has 26 heavy (non-hydrogen) atoms. The second-order valence-corrected chi connectivity index (χ2v) is 6.41. The van der Waals surface area contributed by atoms with E-state index in [1.807, 2.05) is 50.2 Å². The maximum atomic E-state index is 12.1. The number of nitrogens with zero attached hydrogens (tertiary/aromatic N) is 3. The highest BCUT2D eigenvalue weighted by atomic mass is 32.1. The van der Waals surface area contributed by atoms with Crippen LogP contribution in [0.2, 0.25) is 0 Å². The van der Waals surface area contributed by atoms with E-state index in [2.05, 4.69) is 25.6 Å². The smallest absolute Gasteiger partial charge is 0.270 e. The number of ether oxygens (including phenoxy) is 1. The van der Waals surface area contributed by atoms with Crippen LogP contribution in [-0.4, -0.2) is 34.0 Å². The summed E-state index contributed by atoms with van der Waals surface area (Å²) in [7, 11) is 0. The van der Waals surface area contributed by atoms with Crippen molar-refractivity contribution in [3.63, 3.8) is 0 Å². The average Bonchev–Trinajstić information content (AvgIpc) is 3.07. The summed E-state index contributed by atoms with van der Waals surface area (Å²) in [6, 6.07) is 11.4. The number of hydrogen-bond donors (Lipinski definition) is 2. The summed E-state index contributed by atoms with van der Waals surface area (Å²) in [6.45, 7) is 4.59. The number of carbonyl (C=O) groups excluding carboxylic acids is 1. The van der Waals surface area contributed by atoms with Crippen molar-refractivity contribution < 1.29 is 9.53 Å². The highest BCUT2D eigenvalue weighted by Gasteiger charge is 2.11. The zero-order valence-corrected chi connectivity index (χ0v) is 15.3. The molecule has 0 bridgehead atoms. The summed E-state index contributed by atoms with van der Waals surface area (Å²) in [5, 5.41) is 8.08. The van der Waals surface area contributed by atoms with Crippen LogP contribution < -0.4 is 15.4 Å². The number of hydrogen-bond acceptors (Lipinski definition) is 7. The van der Waals surface area contributed by atoms with Crippen molar-refractivity contribution in [2.45, 2.75) is 13.8 Å². The van der Waals surface area contributed by atoms with Crippen LogP contribution in [-0.2, 0) is 0 Å². The summed E-state index contributed by atoms with van der Waals surface area (Å²) in [4.78, 5) is 25.0. The van der Waals surface area contributed by atoms with Gasteiger partial charge in [-0.1, -0.05) is 18.2 Å². The predicted octanol–water partition coefficient (Wildman–Crippen LogP) is 3.10. The Labute approximate surface area is 155 Å². The number of thiazole rings is 1. The molecule has 0 aliphatic rings. The third-order valence-electron chi connectivity index (χ3n) is 3.34. The molecule has 134 valence electrons. The van der Waals surface area contributed by atoms with Crippen LogP contribution in [0.5, 0.6) is 5.75 Å². The zero-order chi connectivity index (χ0) is 18.4. The molecule has 0 aliphatic carbocycles. The van der Waals surface area contributed by atoms with Gasteiger partial charge in [0.05, 0.1) is 6.54 Å². The summed E-state index contributed by atoms with van der Waals surface area (Å²) in [5.41, 5.74) is 2.09. The van der Waals surface area contributed by atoms with Crippen molar-refractivity contribution in [1.29, 1.82) is 0 Å². The Kier molecular flexibility index (Phi) is 5.75. The van der Waals surface area contributed by atoms with Gasteiger partial charge in [0.15, 0.2) is 5.13 Å². The first kappa shape index (κ1) is 17.8. The van der Waals surface area contributed by atoms with Gasteiger partial charge < -0.3 is 15.4 Å². The maximum Gasteiger partial charge on any atom is 0.270 e. The van der Waals surface area contributed by atoms with E-state index >= 15 is 0 Å². The Balaban J connectivity index is 1.49. The minimum Gasteiger partial charge on any atom is -0.492 e. The normalized spacial score (nSPS) is 10.4. The molecule has 0 atom stereocenters. The lowest BCUT2D eigenvalue weighted by Crippen LogP contribution is -2.28. The molecule has 0 saturated carbocycles. The van der Waals surface area contributed by atoms with E-state index in [9.17, 15) is 4.79 Å². The Morgan fingerprint density at radius 2 is 1.85 bits per heavy atom. The first-order valence-electron chi connectivity index (χ1n) is 8.11. The maximum absolute atomic E-state index is 12.1. The van der Waals surface area contributed by atoms with Gasteiger partial charge in [-0.2, -0.15) is 0 Å². The molecule has 2 N–H and O–H groups in total. The van der Waals surface area contributed by atoms with Crippen LogP contribution in [0, 0.1) is 13.8 Å². The van der Waals surface area contributed by atoms with Crippen LogP contribution in [0.3, 0.4) is 0 Å². The summed E-state index contributed by atoms with van der Waals surface area (Å²) in [5.74, 6) is 1.00. The molecule has 8 heteroatoms. The SMILES string of the molecule is Cc1cc(C)nc(Nc2nc(C(=O)NCCOc3ccccc3)cs2)n1. The van der Waals surface area contributed by atoms with Crippen molar-refractivity contribution in [2.24, 2.45) is 0 Å². The molecule has 0 saturated heterocycles. The van der Waals surface area contributed by atoms with Crippen molar-refractivity contribution in [3.05, 3.63) is 58.9 Å². The molecular formula is C18H19N5O2S. The van der Waals surface area contributed by atoms with Crippen LogP contribution in [0.4, 0.5) is 11.1 Å². The van der Waals surface area contributed by atoms with Crippen molar-refractivity contribution in [1.82, 2.24) is 20.3 Å². The molecule has 2 aromatic heterocycles. The Morgan fingerprint density at radius 3 is 2.58 bits per heavy atom. The predicted molar refractivity (Wildman–Crippen MR) is 101 cm³/mol. The number of aryl methyl sites for hydroxylation is 2. The molecule has 3 aromatic rings. The Morgan fingerprint density at radius 1 is 1.12 bits per heavy atom. The summed E-state index contributed by atoms with van der Waals surface area (Å²) >= 11 is 1.33. The molecule has 0 fully saturated rings. The monoisotopic (exact) mass is 369 g/mol. The van der Waals surface area contributed by atoms with E-state index in [4.69, 9.17) is 4.74 Å². The fourth-order valence-corrected chi connectivity index (χ4v) is 2.94. The average molecular weight is 369 g/mol. The van der Waals surface area contributed by atoms with E-state index in [-0.39, 0.29) is 5.91 Å². The first-order valence-corrected chi connectivity index (χ1v) is 8.99. The Hall–Kier alpha value is -3.00. The van der Waals surface area contributed by atoms with Crippen LogP contribution in [0.25, 0.3) is 0 Å². The zero-order valence-electron chi connectivity index (χ0n) is 14.5. The largest absolute Gasteiger partial charge is 0.492 e. The number of rotatable bonds is 7. The molecule has 7 nitrogen and oxygen atoms in total. The molecule has 0 unspecified atom stereocenters. The quantitative estimate of drug-likeness (QED) is 0.622. The van der Waals surface area contributed by atoms with Crippen molar-refractivity contribution in [3.8, 4) is 5.75 Å². The van der Waals surface area contributed by atoms with E-state index in [0.29, 0.717) is 29.9 Å². The first-order chi connectivity index (χ1) is 12.6. The summed E-state index contributed by atoms with van der Waals surface area (Å²) in [6.07, 6.45) is 0. The van der Waals surface area contributed by atoms with Crippen LogP contribution >= 0.6 is 11.3 Å². The molecule has 0 aliphatic heterocycles. The van der Waals surface area contributed by atoms with E-state index < -0.39 is 0 Å². The molecule has 3 rings (SSSR count). The highest BCUT2D eigenvalue weighted by molar-refractivity contribution is 7.14. The second kappa shape index (κ2) is 8.39. The fraction of sp³-hybridized carbons (Fsp3) is 0.222. The van der Waals surface area contributed by atoms with Gasteiger partial charge in [0, 0.05) is 16.8 Å². The lowest BCUT2D eigenvalue weighted by molar-refractivity contribution is 0.0943. The lowest BCUT2D eigenvalue weighted by atomic mass is 10.3. The third-order valence-corrected chi connectivity index (χ3v) is 4.10. The minimum atomic E-state index is -0.243. The topological polar surface area (TPSA) is 89.0 Å². The Bertz CT molecular complexity index is 862. The van der Waals surface area contributed by atoms with E-state index in [1.165, 1.54) is 11.3 Å². The lowest BCUT2D eigenvalue weighted by Gasteiger charge is -2.06. The number of anilines is 2. The molecular weight excluding hydrogens is 350 g/mol. The van der Waals surface area contributed by atoms with Gasteiger partial charge in [0.2, 0.25) is 5.95 Å². The fourth-order valence-electron chi connectivity index (χ4n) is 2.25. The number of carbonyl (C=O) groups is 1. The van der Waals surface area contributed by atoms with Gasteiger partial charge in [-0.05, 0) is 32.0 Å². The van der Waals surface area contributed by atoms with Crippen LogP contribution in [0.1, 0.15) is 21.9 Å². The third kappa shape index (κ3) is 5.00. The van der Waals surface area contributed by atoms with Gasteiger partial charge in [0.25, 0.3) is 5.91 Å². The van der Waals surface area contributed by atoms with Gasteiger partial charge >= 0.3 is 0 Å². The minimum absolute atomic E-state index is 0.243. The number of nitrogens with one attached hydrogen (secondary N) is 2. The number of amides is 1. The molecule has 1 aromatic carbocycles. The summed E-state index contributed by atoms with van der Waals surface area (Å²) < 4.78 is 5.54. The number of para-hydroxylation sites is 1. The molecule has 2 heterocycles. The second-order valence-electron chi connectivity index (χ2n) is 5.55. The molecule has 0 radical (unpaired) electrons. The van der Waals surface area contributed by atoms with E-state index in [0.717, 1.165) is 17.1 Å². The van der Waals surface area contributed by atoms with Crippen LogP contribution in [0.15, 0.2) is 41.8 Å². The van der Waals surface area contributed by atoms with Crippen molar-refractivity contribution in [2.75, 3.05) is 18.5 Å². The highest BCUT2D eigenvalue weighted by Crippen LogP contribution is 2.19. The number of benzene rings is 1. The van der Waals surface area contributed by atoms with Gasteiger partial charge in [-0.3, -0.25) is 4.79 Å². The van der Waals surface area contributed by atoms with Gasteiger partial charge in [-0.25, -0.2) is 15.0 Å². The number of aromatic nitrogens is 3.